The molecular weight excluding hydrogens is 390 g/mol. The Morgan fingerprint density at radius 3 is 2.74 bits per heavy atom. The zero-order valence-corrected chi connectivity index (χ0v) is 17.2. The van der Waals surface area contributed by atoms with E-state index in [9.17, 15) is 9.59 Å². The molecule has 1 saturated carbocycles. The highest BCUT2D eigenvalue weighted by Crippen LogP contribution is 2.51. The Balaban J connectivity index is 1.52. The average Bonchev–Trinajstić information content (AvgIpc) is 2.78. The minimum atomic E-state index is -0.420. The summed E-state index contributed by atoms with van der Waals surface area (Å²) < 4.78 is 12.3. The lowest BCUT2D eigenvalue weighted by atomic mass is 9.76. The SMILES string of the molecule is O=C1CC(c2ccc3ncccc3c2)c2c(ccc3c2OC2(CCCCC2)CC3=O)O1. The fourth-order valence-corrected chi connectivity index (χ4v) is 5.47. The summed E-state index contributed by atoms with van der Waals surface area (Å²) in [6, 6.07) is 13.5. The van der Waals surface area contributed by atoms with E-state index in [0.29, 0.717) is 23.5 Å². The summed E-state index contributed by atoms with van der Waals surface area (Å²) in [5.41, 5.74) is 2.94. The van der Waals surface area contributed by atoms with Gasteiger partial charge in [-0.3, -0.25) is 14.6 Å². The van der Waals surface area contributed by atoms with Crippen LogP contribution >= 0.6 is 0 Å². The second-order valence-electron chi connectivity index (χ2n) is 8.99. The Morgan fingerprint density at radius 1 is 1.00 bits per heavy atom. The molecule has 1 aromatic heterocycles. The Labute approximate surface area is 180 Å². The molecule has 2 aliphatic heterocycles. The van der Waals surface area contributed by atoms with Crippen molar-refractivity contribution < 1.29 is 19.1 Å². The van der Waals surface area contributed by atoms with Gasteiger partial charge in [-0.15, -0.1) is 0 Å². The van der Waals surface area contributed by atoms with E-state index in [2.05, 4.69) is 11.1 Å². The number of hydrogen-bond donors (Lipinski definition) is 0. The van der Waals surface area contributed by atoms with Crippen molar-refractivity contribution in [1.29, 1.82) is 0 Å². The molecule has 1 atom stereocenters. The number of carbonyl (C=O) groups is 2. The van der Waals surface area contributed by atoms with Crippen molar-refractivity contribution in [1.82, 2.24) is 4.98 Å². The molecule has 0 N–H and O–H groups in total. The van der Waals surface area contributed by atoms with E-state index in [1.54, 1.807) is 18.3 Å². The molecular formula is C26H23NO4. The molecule has 0 saturated heterocycles. The summed E-state index contributed by atoms with van der Waals surface area (Å²) in [5, 5.41) is 1.02. The van der Waals surface area contributed by atoms with Crippen LogP contribution in [0.2, 0.25) is 0 Å². The minimum Gasteiger partial charge on any atom is -0.486 e. The maximum Gasteiger partial charge on any atom is 0.312 e. The predicted molar refractivity (Wildman–Crippen MR) is 116 cm³/mol. The lowest BCUT2D eigenvalue weighted by Gasteiger charge is -2.42. The molecule has 2 aromatic carbocycles. The van der Waals surface area contributed by atoms with E-state index in [1.807, 2.05) is 24.3 Å². The molecule has 5 heteroatoms. The Kier molecular flexibility index (Phi) is 4.13. The molecule has 3 aromatic rings. The van der Waals surface area contributed by atoms with Crippen molar-refractivity contribution in [2.45, 2.75) is 56.5 Å². The number of hydrogen-bond acceptors (Lipinski definition) is 5. The molecule has 0 radical (unpaired) electrons. The van der Waals surface area contributed by atoms with Crippen molar-refractivity contribution >= 4 is 22.7 Å². The molecule has 5 nitrogen and oxygen atoms in total. The Bertz CT molecular complexity index is 1230. The molecule has 1 spiro atoms. The van der Waals surface area contributed by atoms with Crippen LogP contribution in [0.1, 0.15) is 72.3 Å². The van der Waals surface area contributed by atoms with E-state index in [4.69, 9.17) is 9.47 Å². The third-order valence-electron chi connectivity index (χ3n) is 7.00. The number of ether oxygens (including phenoxy) is 2. The Hall–Kier alpha value is -3.21. The molecule has 6 rings (SSSR count). The van der Waals surface area contributed by atoms with Crippen LogP contribution in [0.5, 0.6) is 11.5 Å². The number of Topliss-reactive ketones (excluding diaryl/α,β-unsaturated/α-hetero) is 1. The van der Waals surface area contributed by atoms with Gasteiger partial charge in [0.2, 0.25) is 0 Å². The van der Waals surface area contributed by atoms with E-state index < -0.39 is 5.60 Å². The van der Waals surface area contributed by atoms with Gasteiger partial charge in [-0.25, -0.2) is 0 Å². The quantitative estimate of drug-likeness (QED) is 0.398. The lowest BCUT2D eigenvalue weighted by Crippen LogP contribution is -2.44. The maximum absolute atomic E-state index is 13.1. The van der Waals surface area contributed by atoms with Gasteiger partial charge in [0.25, 0.3) is 0 Å². The number of pyridine rings is 1. The number of ketones is 1. The number of carbonyl (C=O) groups excluding carboxylic acids is 2. The molecule has 1 aliphatic carbocycles. The molecule has 1 fully saturated rings. The monoisotopic (exact) mass is 413 g/mol. The predicted octanol–water partition coefficient (Wildman–Crippen LogP) is 5.34. The van der Waals surface area contributed by atoms with Gasteiger partial charge in [-0.1, -0.05) is 18.6 Å². The van der Waals surface area contributed by atoms with Crippen LogP contribution < -0.4 is 9.47 Å². The number of aromatic nitrogens is 1. The third-order valence-corrected chi connectivity index (χ3v) is 7.00. The molecule has 3 heterocycles. The van der Waals surface area contributed by atoms with Gasteiger partial charge in [0.1, 0.15) is 17.1 Å². The van der Waals surface area contributed by atoms with Gasteiger partial charge >= 0.3 is 5.97 Å². The highest BCUT2D eigenvalue weighted by molar-refractivity contribution is 6.01. The van der Waals surface area contributed by atoms with Crippen LogP contribution in [0.25, 0.3) is 10.9 Å². The van der Waals surface area contributed by atoms with E-state index in [0.717, 1.165) is 47.7 Å². The summed E-state index contributed by atoms with van der Waals surface area (Å²) >= 11 is 0. The van der Waals surface area contributed by atoms with Gasteiger partial charge in [0.15, 0.2) is 5.78 Å². The summed E-state index contributed by atoms with van der Waals surface area (Å²) in [6.07, 6.45) is 7.56. The zero-order valence-electron chi connectivity index (χ0n) is 17.2. The van der Waals surface area contributed by atoms with Gasteiger partial charge < -0.3 is 9.47 Å². The first-order chi connectivity index (χ1) is 15.1. The van der Waals surface area contributed by atoms with E-state index in [1.165, 1.54) is 6.42 Å². The van der Waals surface area contributed by atoms with Crippen LogP contribution in [-0.2, 0) is 4.79 Å². The van der Waals surface area contributed by atoms with Crippen molar-refractivity contribution in [3.63, 3.8) is 0 Å². The average molecular weight is 413 g/mol. The van der Waals surface area contributed by atoms with Crippen LogP contribution in [0.15, 0.2) is 48.7 Å². The van der Waals surface area contributed by atoms with Gasteiger partial charge in [-0.05, 0) is 61.6 Å². The van der Waals surface area contributed by atoms with Crippen molar-refractivity contribution in [2.75, 3.05) is 0 Å². The van der Waals surface area contributed by atoms with Crippen molar-refractivity contribution in [2.24, 2.45) is 0 Å². The van der Waals surface area contributed by atoms with Crippen molar-refractivity contribution in [3.8, 4) is 11.5 Å². The second-order valence-corrected chi connectivity index (χ2v) is 8.99. The summed E-state index contributed by atoms with van der Waals surface area (Å²) in [5.74, 6) is 0.774. The molecule has 3 aliphatic rings. The number of rotatable bonds is 1. The number of benzene rings is 2. The normalized spacial score (nSPS) is 21.9. The Morgan fingerprint density at radius 2 is 1.87 bits per heavy atom. The lowest BCUT2D eigenvalue weighted by molar-refractivity contribution is -0.135. The fraction of sp³-hybridized carbons (Fsp3) is 0.346. The standard InChI is InChI=1S/C26H23NO4/c28-21-15-26(10-2-1-3-11-26)31-25-18(21)7-9-22-24(25)19(14-23(29)30-22)16-6-8-20-17(13-16)5-4-12-27-20/h4-9,12-13,19H,1-3,10-11,14-15H2. The van der Waals surface area contributed by atoms with Gasteiger partial charge in [-0.2, -0.15) is 0 Å². The molecule has 0 amide bonds. The van der Waals surface area contributed by atoms with Crippen molar-refractivity contribution in [3.05, 3.63) is 65.4 Å². The second kappa shape index (κ2) is 6.91. The smallest absolute Gasteiger partial charge is 0.312 e. The highest BCUT2D eigenvalue weighted by Gasteiger charge is 2.44. The minimum absolute atomic E-state index is 0.129. The van der Waals surface area contributed by atoms with Crippen LogP contribution in [-0.4, -0.2) is 22.3 Å². The first-order valence-electron chi connectivity index (χ1n) is 11.1. The first kappa shape index (κ1) is 18.6. The molecule has 1 unspecified atom stereocenters. The van der Waals surface area contributed by atoms with E-state index >= 15 is 0 Å². The van der Waals surface area contributed by atoms with Gasteiger partial charge in [0.05, 0.1) is 23.9 Å². The zero-order chi connectivity index (χ0) is 21.0. The number of fused-ring (bicyclic) bond motifs is 4. The number of nitrogens with zero attached hydrogens (tertiary/aromatic N) is 1. The van der Waals surface area contributed by atoms with Gasteiger partial charge in [0, 0.05) is 23.1 Å². The fourth-order valence-electron chi connectivity index (χ4n) is 5.47. The van der Waals surface area contributed by atoms with Crippen LogP contribution in [0, 0.1) is 0 Å². The molecule has 31 heavy (non-hydrogen) atoms. The summed E-state index contributed by atoms with van der Waals surface area (Å²) in [6.45, 7) is 0. The topological polar surface area (TPSA) is 65.5 Å². The summed E-state index contributed by atoms with van der Waals surface area (Å²) in [4.78, 5) is 30.0. The number of esters is 1. The van der Waals surface area contributed by atoms with Crippen LogP contribution in [0.3, 0.4) is 0 Å². The maximum atomic E-state index is 13.1. The first-order valence-corrected chi connectivity index (χ1v) is 11.1. The largest absolute Gasteiger partial charge is 0.486 e. The van der Waals surface area contributed by atoms with Crippen LogP contribution in [0.4, 0.5) is 0 Å². The summed E-state index contributed by atoms with van der Waals surface area (Å²) in [7, 11) is 0. The van der Waals surface area contributed by atoms with E-state index in [-0.39, 0.29) is 24.1 Å². The molecule has 156 valence electrons. The highest BCUT2D eigenvalue weighted by atomic mass is 16.5. The molecule has 0 bridgehead atoms. The third kappa shape index (κ3) is 3.02.